The second-order valence-corrected chi connectivity index (χ2v) is 9.70. The normalized spacial score (nSPS) is 21.8. The topological polar surface area (TPSA) is 15.7 Å². The van der Waals surface area contributed by atoms with E-state index in [0.717, 1.165) is 13.1 Å². The van der Waals surface area contributed by atoms with Crippen LogP contribution < -0.4 is 0 Å². The zero-order chi connectivity index (χ0) is 14.4. The molecule has 0 amide bonds. The summed E-state index contributed by atoms with van der Waals surface area (Å²) < 4.78 is 11.4. The maximum atomic E-state index is 6.39. The van der Waals surface area contributed by atoms with Crippen LogP contribution in [0.4, 0.5) is 0 Å². The summed E-state index contributed by atoms with van der Waals surface area (Å²) in [4.78, 5) is 0. The standard InChI is InChI=1S/C14H31N2OP/c1-12(2,3)15-10-11-16(13(4,5)6)18(15)17-14(7,8)9/h10-11H2,1-9H3. The molecular weight excluding hydrogens is 243 g/mol. The van der Waals surface area contributed by atoms with Crippen molar-refractivity contribution in [1.82, 2.24) is 9.34 Å². The quantitative estimate of drug-likeness (QED) is 0.665. The molecule has 0 unspecified atom stereocenters. The fraction of sp³-hybridized carbons (Fsp3) is 1.00. The Balaban J connectivity index is 2.97. The van der Waals surface area contributed by atoms with Crippen molar-refractivity contribution < 1.29 is 4.52 Å². The van der Waals surface area contributed by atoms with E-state index in [-0.39, 0.29) is 16.7 Å². The second-order valence-electron chi connectivity index (χ2n) is 8.04. The molecule has 0 aromatic carbocycles. The molecule has 0 radical (unpaired) electrons. The van der Waals surface area contributed by atoms with Crippen molar-refractivity contribution in [3.05, 3.63) is 0 Å². The van der Waals surface area contributed by atoms with Gasteiger partial charge in [0.25, 0.3) is 0 Å². The average Bonchev–Trinajstić information content (AvgIpc) is 2.41. The molecule has 0 bridgehead atoms. The molecule has 0 saturated carbocycles. The largest absolute Gasteiger partial charge is 0.325 e. The van der Waals surface area contributed by atoms with E-state index in [0.29, 0.717) is 0 Å². The van der Waals surface area contributed by atoms with Gasteiger partial charge < -0.3 is 4.52 Å². The van der Waals surface area contributed by atoms with Gasteiger partial charge >= 0.3 is 0 Å². The van der Waals surface area contributed by atoms with Crippen molar-refractivity contribution in [3.63, 3.8) is 0 Å². The number of hydrogen-bond acceptors (Lipinski definition) is 3. The Morgan fingerprint density at radius 2 is 1.06 bits per heavy atom. The monoisotopic (exact) mass is 274 g/mol. The van der Waals surface area contributed by atoms with Gasteiger partial charge in [0.2, 0.25) is 0 Å². The molecule has 1 fully saturated rings. The lowest BCUT2D eigenvalue weighted by atomic mass is 10.1. The molecule has 0 N–H and O–H groups in total. The first-order chi connectivity index (χ1) is 7.82. The minimum absolute atomic E-state index is 0.0942. The first-order valence-corrected chi connectivity index (χ1v) is 8.03. The molecule has 108 valence electrons. The third kappa shape index (κ3) is 4.16. The van der Waals surface area contributed by atoms with Crippen LogP contribution in [0.15, 0.2) is 0 Å². The molecule has 0 aromatic rings. The highest BCUT2D eigenvalue weighted by molar-refractivity contribution is 7.47. The lowest BCUT2D eigenvalue weighted by molar-refractivity contribution is 0.110. The van der Waals surface area contributed by atoms with Gasteiger partial charge in [-0.05, 0) is 62.3 Å². The van der Waals surface area contributed by atoms with Crippen molar-refractivity contribution in [2.45, 2.75) is 79.0 Å². The van der Waals surface area contributed by atoms with Gasteiger partial charge in [-0.1, -0.05) is 0 Å². The van der Waals surface area contributed by atoms with Crippen molar-refractivity contribution in [3.8, 4) is 0 Å². The van der Waals surface area contributed by atoms with Crippen LogP contribution in [0.2, 0.25) is 0 Å². The fourth-order valence-electron chi connectivity index (χ4n) is 2.02. The van der Waals surface area contributed by atoms with E-state index < -0.39 is 8.45 Å². The predicted molar refractivity (Wildman–Crippen MR) is 80.7 cm³/mol. The van der Waals surface area contributed by atoms with Crippen molar-refractivity contribution in [1.29, 1.82) is 0 Å². The molecule has 0 spiro atoms. The predicted octanol–water partition coefficient (Wildman–Crippen LogP) is 4.24. The molecule has 1 heterocycles. The van der Waals surface area contributed by atoms with Crippen molar-refractivity contribution in [2.24, 2.45) is 0 Å². The average molecular weight is 274 g/mol. The Kier molecular flexibility index (Phi) is 4.56. The number of hydrogen-bond donors (Lipinski definition) is 0. The van der Waals surface area contributed by atoms with Gasteiger partial charge in [-0.15, -0.1) is 0 Å². The fourth-order valence-corrected chi connectivity index (χ4v) is 4.51. The number of nitrogens with zero attached hydrogens (tertiary/aromatic N) is 2. The van der Waals surface area contributed by atoms with Crippen LogP contribution in [0.3, 0.4) is 0 Å². The van der Waals surface area contributed by atoms with Crippen molar-refractivity contribution >= 4 is 8.45 Å². The first-order valence-electron chi connectivity index (χ1n) is 6.87. The molecule has 3 nitrogen and oxygen atoms in total. The van der Waals surface area contributed by atoms with Crippen LogP contribution in [-0.4, -0.2) is 39.1 Å². The van der Waals surface area contributed by atoms with E-state index >= 15 is 0 Å². The van der Waals surface area contributed by atoms with Gasteiger partial charge in [0, 0.05) is 24.2 Å². The maximum Gasteiger partial charge on any atom is 0.189 e. The molecule has 1 aliphatic heterocycles. The maximum absolute atomic E-state index is 6.39. The van der Waals surface area contributed by atoms with Crippen LogP contribution in [0.25, 0.3) is 0 Å². The third-order valence-electron chi connectivity index (χ3n) is 2.84. The summed E-state index contributed by atoms with van der Waals surface area (Å²) in [5, 5.41) is 0. The molecule has 18 heavy (non-hydrogen) atoms. The molecule has 1 aliphatic rings. The minimum Gasteiger partial charge on any atom is -0.325 e. The van der Waals surface area contributed by atoms with E-state index in [4.69, 9.17) is 4.52 Å². The second kappa shape index (κ2) is 5.01. The van der Waals surface area contributed by atoms with E-state index in [1.807, 2.05) is 0 Å². The van der Waals surface area contributed by atoms with Crippen LogP contribution in [0.5, 0.6) is 0 Å². The molecule has 1 saturated heterocycles. The first kappa shape index (κ1) is 16.4. The Hall–Kier alpha value is 0.310. The highest BCUT2D eigenvalue weighted by atomic mass is 31.2. The molecular formula is C14H31N2OP. The van der Waals surface area contributed by atoms with E-state index in [1.165, 1.54) is 0 Å². The summed E-state index contributed by atoms with van der Waals surface area (Å²) in [6, 6.07) is 0. The van der Waals surface area contributed by atoms with Crippen LogP contribution in [-0.2, 0) is 4.52 Å². The Bertz CT molecular complexity index is 264. The Labute approximate surface area is 115 Å². The molecule has 0 aromatic heterocycles. The van der Waals surface area contributed by atoms with Gasteiger partial charge in [0.1, 0.15) is 0 Å². The van der Waals surface area contributed by atoms with Crippen LogP contribution in [0.1, 0.15) is 62.3 Å². The summed E-state index contributed by atoms with van der Waals surface area (Å²) in [7, 11) is -0.669. The highest BCUT2D eigenvalue weighted by Gasteiger charge is 2.45. The third-order valence-corrected chi connectivity index (χ3v) is 5.98. The molecule has 0 aliphatic carbocycles. The lowest BCUT2D eigenvalue weighted by Crippen LogP contribution is -2.40. The zero-order valence-electron chi connectivity index (χ0n) is 13.7. The molecule has 0 atom stereocenters. The van der Waals surface area contributed by atoms with Crippen LogP contribution in [0, 0.1) is 0 Å². The summed E-state index contributed by atoms with van der Waals surface area (Å²) >= 11 is 0. The van der Waals surface area contributed by atoms with E-state index in [1.54, 1.807) is 0 Å². The van der Waals surface area contributed by atoms with Gasteiger partial charge in [-0.3, -0.25) is 0 Å². The van der Waals surface area contributed by atoms with Gasteiger partial charge in [-0.2, -0.15) is 0 Å². The zero-order valence-corrected chi connectivity index (χ0v) is 14.6. The summed E-state index contributed by atoms with van der Waals surface area (Å²) in [6.45, 7) is 22.3. The minimum atomic E-state index is -0.669. The summed E-state index contributed by atoms with van der Waals surface area (Å²) in [5.74, 6) is 0. The SMILES string of the molecule is CC(C)(C)OP1N(C(C)(C)C)CCN1C(C)(C)C. The van der Waals surface area contributed by atoms with Gasteiger partial charge in [0.15, 0.2) is 8.45 Å². The van der Waals surface area contributed by atoms with Crippen molar-refractivity contribution in [2.75, 3.05) is 13.1 Å². The lowest BCUT2D eigenvalue weighted by Gasteiger charge is -2.43. The Morgan fingerprint density at radius 3 is 1.28 bits per heavy atom. The van der Waals surface area contributed by atoms with E-state index in [2.05, 4.69) is 71.7 Å². The van der Waals surface area contributed by atoms with Gasteiger partial charge in [0.05, 0.1) is 5.60 Å². The van der Waals surface area contributed by atoms with Gasteiger partial charge in [-0.25, -0.2) is 9.34 Å². The summed E-state index contributed by atoms with van der Waals surface area (Å²) in [5.41, 5.74) is 0.233. The van der Waals surface area contributed by atoms with E-state index in [9.17, 15) is 0 Å². The summed E-state index contributed by atoms with van der Waals surface area (Å²) in [6.07, 6.45) is 0. The molecule has 1 rings (SSSR count). The Morgan fingerprint density at radius 1 is 0.722 bits per heavy atom. The smallest absolute Gasteiger partial charge is 0.189 e. The number of rotatable bonds is 1. The highest BCUT2D eigenvalue weighted by Crippen LogP contribution is 2.57. The van der Waals surface area contributed by atoms with Crippen LogP contribution >= 0.6 is 8.45 Å². The molecule has 4 heteroatoms.